The summed E-state index contributed by atoms with van der Waals surface area (Å²) in [5, 5.41) is 0. The van der Waals surface area contributed by atoms with Crippen molar-refractivity contribution >= 4 is 17.7 Å². The molecule has 3 fully saturated rings. The SMILES string of the molecule is CC(=O)OC1C2OC2C2=CC(=O)C3(CC2(C)C1C)OC3(C)C(N)=O. The van der Waals surface area contributed by atoms with Gasteiger partial charge in [-0.2, -0.15) is 0 Å². The van der Waals surface area contributed by atoms with Gasteiger partial charge in [0.15, 0.2) is 17.0 Å². The number of nitrogens with two attached hydrogens (primary N) is 1. The summed E-state index contributed by atoms with van der Waals surface area (Å²) in [5.74, 6) is -1.31. The average molecular weight is 335 g/mol. The van der Waals surface area contributed by atoms with Gasteiger partial charge in [-0.15, -0.1) is 0 Å². The molecule has 7 unspecified atom stereocenters. The maximum atomic E-state index is 12.7. The summed E-state index contributed by atoms with van der Waals surface area (Å²) in [5.41, 5.74) is 3.37. The fraction of sp³-hybridized carbons (Fsp3) is 0.706. The maximum Gasteiger partial charge on any atom is 0.303 e. The Hall–Kier alpha value is -1.73. The van der Waals surface area contributed by atoms with Crippen molar-refractivity contribution in [2.75, 3.05) is 0 Å². The monoisotopic (exact) mass is 335 g/mol. The maximum absolute atomic E-state index is 12.7. The van der Waals surface area contributed by atoms with Crippen LogP contribution in [0.4, 0.5) is 0 Å². The van der Waals surface area contributed by atoms with Gasteiger partial charge >= 0.3 is 5.97 Å². The third-order valence-corrected chi connectivity index (χ3v) is 6.49. The van der Waals surface area contributed by atoms with Crippen molar-refractivity contribution in [1.82, 2.24) is 0 Å². The minimum Gasteiger partial charge on any atom is -0.459 e. The Morgan fingerprint density at radius 2 is 2.04 bits per heavy atom. The molecule has 24 heavy (non-hydrogen) atoms. The summed E-state index contributed by atoms with van der Waals surface area (Å²) in [6.45, 7) is 6.92. The molecule has 1 amide bonds. The molecule has 2 N–H and O–H groups in total. The first-order valence-corrected chi connectivity index (χ1v) is 8.16. The molecule has 1 saturated carbocycles. The molecule has 7 atom stereocenters. The Bertz CT molecular complexity index is 716. The number of hydrogen-bond acceptors (Lipinski definition) is 6. The predicted molar refractivity (Wildman–Crippen MR) is 80.6 cm³/mol. The van der Waals surface area contributed by atoms with E-state index in [2.05, 4.69) is 0 Å². The summed E-state index contributed by atoms with van der Waals surface area (Å²) in [7, 11) is 0. The molecule has 130 valence electrons. The van der Waals surface area contributed by atoms with Gasteiger partial charge in [-0.1, -0.05) is 13.8 Å². The summed E-state index contributed by atoms with van der Waals surface area (Å²) in [6.07, 6.45) is 1.10. The van der Waals surface area contributed by atoms with Gasteiger partial charge in [0.2, 0.25) is 0 Å². The molecular formula is C17H21NO6. The van der Waals surface area contributed by atoms with Gasteiger partial charge in [-0.25, -0.2) is 0 Å². The third-order valence-electron chi connectivity index (χ3n) is 6.49. The van der Waals surface area contributed by atoms with Crippen LogP contribution in [0, 0.1) is 11.3 Å². The highest BCUT2D eigenvalue weighted by molar-refractivity contribution is 6.09. The van der Waals surface area contributed by atoms with Crippen molar-refractivity contribution in [2.45, 2.75) is 63.6 Å². The summed E-state index contributed by atoms with van der Waals surface area (Å²) in [4.78, 5) is 35.9. The highest BCUT2D eigenvalue weighted by Crippen LogP contribution is 2.65. The van der Waals surface area contributed by atoms with E-state index in [1.165, 1.54) is 6.92 Å². The number of fused-ring (bicyclic) bond motifs is 3. The summed E-state index contributed by atoms with van der Waals surface area (Å²) < 4.78 is 16.8. The zero-order valence-electron chi connectivity index (χ0n) is 14.1. The molecule has 2 aliphatic carbocycles. The molecule has 1 spiro atoms. The number of ether oxygens (including phenoxy) is 3. The lowest BCUT2D eigenvalue weighted by atomic mass is 9.56. The molecule has 2 heterocycles. The minimum atomic E-state index is -1.28. The van der Waals surface area contributed by atoms with Gasteiger partial charge in [-0.3, -0.25) is 14.4 Å². The van der Waals surface area contributed by atoms with Gasteiger partial charge < -0.3 is 19.9 Å². The number of carbonyl (C=O) groups excluding carboxylic acids is 3. The molecule has 0 radical (unpaired) electrons. The molecule has 0 aromatic carbocycles. The Balaban J connectivity index is 1.74. The van der Waals surface area contributed by atoms with Crippen LogP contribution in [-0.2, 0) is 28.6 Å². The van der Waals surface area contributed by atoms with E-state index in [9.17, 15) is 14.4 Å². The van der Waals surface area contributed by atoms with E-state index in [-0.39, 0.29) is 36.0 Å². The Labute approximate surface area is 139 Å². The molecule has 4 rings (SSSR count). The van der Waals surface area contributed by atoms with Crippen molar-refractivity contribution < 1.29 is 28.6 Å². The molecule has 0 aromatic heterocycles. The second-order valence-corrected chi connectivity index (χ2v) is 7.77. The lowest BCUT2D eigenvalue weighted by Gasteiger charge is -2.47. The second kappa shape index (κ2) is 4.26. The Kier molecular flexibility index (Phi) is 2.80. The molecule has 4 aliphatic rings. The zero-order valence-corrected chi connectivity index (χ0v) is 14.1. The first-order chi connectivity index (χ1) is 11.1. The fourth-order valence-electron chi connectivity index (χ4n) is 4.65. The highest BCUT2D eigenvalue weighted by Gasteiger charge is 2.79. The Morgan fingerprint density at radius 1 is 1.38 bits per heavy atom. The third kappa shape index (κ3) is 1.66. The topological polar surface area (TPSA) is 112 Å². The number of epoxide rings is 2. The van der Waals surface area contributed by atoms with E-state index in [0.717, 1.165) is 5.57 Å². The molecule has 7 heteroatoms. The highest BCUT2D eigenvalue weighted by atomic mass is 16.6. The van der Waals surface area contributed by atoms with Crippen molar-refractivity contribution in [3.05, 3.63) is 11.6 Å². The minimum absolute atomic E-state index is 0.0808. The largest absolute Gasteiger partial charge is 0.459 e. The number of ketones is 1. The quantitative estimate of drug-likeness (QED) is 0.572. The number of esters is 1. The first kappa shape index (κ1) is 15.8. The van der Waals surface area contributed by atoms with Crippen LogP contribution in [0.15, 0.2) is 11.6 Å². The lowest BCUT2D eigenvalue weighted by Crippen LogP contribution is -2.54. The van der Waals surface area contributed by atoms with Gasteiger partial charge in [0, 0.05) is 18.3 Å². The molecule has 0 bridgehead atoms. The van der Waals surface area contributed by atoms with Crippen LogP contribution >= 0.6 is 0 Å². The van der Waals surface area contributed by atoms with Crippen LogP contribution in [-0.4, -0.2) is 47.2 Å². The van der Waals surface area contributed by atoms with Gasteiger partial charge in [0.25, 0.3) is 5.91 Å². The molecule has 0 aromatic rings. The fourth-order valence-corrected chi connectivity index (χ4v) is 4.65. The first-order valence-electron chi connectivity index (χ1n) is 8.16. The zero-order chi connectivity index (χ0) is 17.7. The number of amides is 1. The lowest BCUT2D eigenvalue weighted by molar-refractivity contribution is -0.153. The van der Waals surface area contributed by atoms with Crippen molar-refractivity contribution in [1.29, 1.82) is 0 Å². The van der Waals surface area contributed by atoms with Crippen LogP contribution in [0.1, 0.15) is 34.1 Å². The smallest absolute Gasteiger partial charge is 0.303 e. The van der Waals surface area contributed by atoms with E-state index >= 15 is 0 Å². The van der Waals surface area contributed by atoms with E-state index < -0.39 is 22.5 Å². The van der Waals surface area contributed by atoms with E-state index in [0.29, 0.717) is 6.42 Å². The normalized spacial score (nSPS) is 51.3. The standard InChI is InChI=1S/C17H21NO6/c1-7-11(22-8(2)19)13-12(23-13)9-5-10(20)17(6-15(7,9)3)16(4,24-17)14(18)21/h5,7,11-13H,6H2,1-4H3,(H2,18,21). The summed E-state index contributed by atoms with van der Waals surface area (Å²) >= 11 is 0. The van der Waals surface area contributed by atoms with Crippen molar-refractivity contribution in [3.63, 3.8) is 0 Å². The van der Waals surface area contributed by atoms with Crippen LogP contribution < -0.4 is 5.73 Å². The van der Waals surface area contributed by atoms with E-state index in [1.807, 2.05) is 13.8 Å². The summed E-state index contributed by atoms with van der Waals surface area (Å²) in [6, 6.07) is 0. The Morgan fingerprint density at radius 3 is 2.58 bits per heavy atom. The number of primary amides is 1. The second-order valence-electron chi connectivity index (χ2n) is 7.77. The van der Waals surface area contributed by atoms with Crippen LogP contribution in [0.5, 0.6) is 0 Å². The van der Waals surface area contributed by atoms with Crippen LogP contribution in [0.2, 0.25) is 0 Å². The average Bonchev–Trinajstić information content (AvgIpc) is 3.36. The molecule has 2 saturated heterocycles. The number of hydrogen-bond donors (Lipinski definition) is 1. The van der Waals surface area contributed by atoms with Crippen molar-refractivity contribution in [3.8, 4) is 0 Å². The van der Waals surface area contributed by atoms with Gasteiger partial charge in [0.1, 0.15) is 18.3 Å². The van der Waals surface area contributed by atoms with E-state index in [1.54, 1.807) is 13.0 Å². The van der Waals surface area contributed by atoms with Crippen LogP contribution in [0.3, 0.4) is 0 Å². The number of rotatable bonds is 2. The van der Waals surface area contributed by atoms with Crippen LogP contribution in [0.25, 0.3) is 0 Å². The number of carbonyl (C=O) groups is 3. The molecule has 2 aliphatic heterocycles. The van der Waals surface area contributed by atoms with Gasteiger partial charge in [-0.05, 0) is 25.0 Å². The molecular weight excluding hydrogens is 314 g/mol. The van der Waals surface area contributed by atoms with Crippen molar-refractivity contribution in [2.24, 2.45) is 17.1 Å². The van der Waals surface area contributed by atoms with Gasteiger partial charge in [0.05, 0.1) is 0 Å². The van der Waals surface area contributed by atoms with E-state index in [4.69, 9.17) is 19.9 Å². The predicted octanol–water partition coefficient (Wildman–Crippen LogP) is 0.254. The molecule has 7 nitrogen and oxygen atoms in total.